The Balaban J connectivity index is 0.00000423. The van der Waals surface area contributed by atoms with Crippen molar-refractivity contribution in [2.45, 2.75) is 31.6 Å². The van der Waals surface area contributed by atoms with Gasteiger partial charge >= 0.3 is 6.18 Å². The molecule has 9 nitrogen and oxygen atoms in total. The number of nitrogens with one attached hydrogen (secondary N) is 2. The first kappa shape index (κ1) is 32.5. The molecule has 1 amide bonds. The second-order valence-corrected chi connectivity index (χ2v) is 10.3. The van der Waals surface area contributed by atoms with Crippen LogP contribution in [0.3, 0.4) is 0 Å². The Morgan fingerprint density at radius 3 is 2.70 bits per heavy atom. The van der Waals surface area contributed by atoms with Crippen LogP contribution in [0.25, 0.3) is 6.08 Å². The number of hydrogen-bond acceptors (Lipinski definition) is 6. The number of halogens is 3. The molecule has 1 aromatic carbocycles. The number of aliphatic imine (C=N–C) groups is 1. The van der Waals surface area contributed by atoms with Gasteiger partial charge in [0.1, 0.15) is 11.7 Å². The number of aromatic nitrogens is 3. The molecule has 2 fully saturated rings. The van der Waals surface area contributed by atoms with E-state index in [2.05, 4.69) is 48.2 Å². The Morgan fingerprint density at radius 1 is 1.21 bits per heavy atom. The molecule has 5 rings (SSSR count). The number of amides is 1. The van der Waals surface area contributed by atoms with Crippen LogP contribution in [0.1, 0.15) is 51.4 Å². The van der Waals surface area contributed by atoms with Gasteiger partial charge in [-0.1, -0.05) is 11.6 Å². The molecule has 1 saturated carbocycles. The van der Waals surface area contributed by atoms with Crippen molar-refractivity contribution in [1.29, 1.82) is 0 Å². The zero-order valence-electron chi connectivity index (χ0n) is 23.6. The summed E-state index contributed by atoms with van der Waals surface area (Å²) in [6, 6.07) is 5.67. The maximum Gasteiger partial charge on any atom is 0.416 e. The fourth-order valence-electron chi connectivity index (χ4n) is 4.33. The van der Waals surface area contributed by atoms with Gasteiger partial charge in [0.2, 0.25) is 5.91 Å². The first-order chi connectivity index (χ1) is 20.1. The van der Waals surface area contributed by atoms with Crippen LogP contribution < -0.4 is 11.1 Å². The minimum Gasteiger partial charge on any atom is -0.384 e. The summed E-state index contributed by atoms with van der Waals surface area (Å²) < 4.78 is 41.8. The Bertz CT molecular complexity index is 1560. The number of aromatic amines is 1. The molecule has 4 N–H and O–H groups in total. The first-order valence-electron chi connectivity index (χ1n) is 13.5. The molecule has 1 aliphatic carbocycles. The predicted octanol–water partition coefficient (Wildman–Crippen LogP) is 3.55. The Morgan fingerprint density at radius 2 is 1.98 bits per heavy atom. The van der Waals surface area contributed by atoms with Crippen LogP contribution in [0.15, 0.2) is 47.7 Å². The Kier molecular flexibility index (Phi) is 10.9. The number of piperazine rings is 1. The number of hydrogen-bond donors (Lipinski definition) is 3. The number of imidazole rings is 1. The van der Waals surface area contributed by atoms with Gasteiger partial charge in [-0.3, -0.25) is 14.7 Å². The summed E-state index contributed by atoms with van der Waals surface area (Å²) in [6.45, 7) is 3.18. The van der Waals surface area contributed by atoms with Gasteiger partial charge in [-0.05, 0) is 67.7 Å². The topological polar surface area (TPSA) is 116 Å². The Labute approximate surface area is 273 Å². The van der Waals surface area contributed by atoms with E-state index >= 15 is 0 Å². The van der Waals surface area contributed by atoms with Crippen molar-refractivity contribution in [3.63, 3.8) is 0 Å². The molecular formula is C30H30F3N8OY-. The summed E-state index contributed by atoms with van der Waals surface area (Å²) in [7, 11) is 1.99. The third-order valence-electron chi connectivity index (χ3n) is 6.83. The van der Waals surface area contributed by atoms with E-state index in [9.17, 15) is 18.0 Å². The Hall–Kier alpha value is -3.37. The number of carbonyl (C=O) groups is 1. The van der Waals surface area contributed by atoms with Crippen molar-refractivity contribution in [2.75, 3.05) is 38.5 Å². The molecule has 1 aliphatic heterocycles. The van der Waals surface area contributed by atoms with Crippen molar-refractivity contribution >= 4 is 23.5 Å². The summed E-state index contributed by atoms with van der Waals surface area (Å²) >= 11 is 0. The van der Waals surface area contributed by atoms with Crippen molar-refractivity contribution < 1.29 is 50.7 Å². The zero-order valence-corrected chi connectivity index (χ0v) is 26.4. The maximum atomic E-state index is 13.9. The smallest absolute Gasteiger partial charge is 0.384 e. The molecule has 3 aromatic rings. The fraction of sp³-hybridized carbons (Fsp3) is 0.333. The standard InChI is InChI=1S/C30H30F3N8O.Y/c1-40-10-12-41(13-11-40)19-21-3-5-24(15-26(21)30(31,32)33)39-29(42)22-14-20(16-35-17-22)2-4-25-18-36-28(38-25)9-8-27(34)37-23-6-7-23;/h3,5,8-9,14-15,17-18,23H,6-7,10-13,19H2,1H3,(H2,34,37)(H,36,38)(H,39,42);/q-1;/b9-8-;. The molecule has 3 heterocycles. The third kappa shape index (κ3) is 9.56. The molecule has 1 saturated heterocycles. The first-order valence-corrected chi connectivity index (χ1v) is 13.5. The van der Waals surface area contributed by atoms with Crippen molar-refractivity contribution in [3.05, 3.63) is 82.7 Å². The van der Waals surface area contributed by atoms with E-state index in [0.29, 0.717) is 42.0 Å². The number of H-pyrrole nitrogens is 1. The number of nitrogens with two attached hydrogens (primary N) is 1. The average molecular weight is 665 g/mol. The van der Waals surface area contributed by atoms with Gasteiger partial charge in [0.25, 0.3) is 0 Å². The number of nitrogens with zero attached hydrogens (tertiary/aromatic N) is 5. The normalized spacial score (nSPS) is 16.4. The molecule has 2 aromatic heterocycles. The van der Waals surface area contributed by atoms with E-state index in [4.69, 9.17) is 5.73 Å². The summed E-state index contributed by atoms with van der Waals surface area (Å²) in [5, 5.41) is 2.55. The van der Waals surface area contributed by atoms with Crippen molar-refractivity contribution in [2.24, 2.45) is 10.7 Å². The third-order valence-corrected chi connectivity index (χ3v) is 6.83. The molecule has 43 heavy (non-hydrogen) atoms. The SMILES string of the molecule is CN1CCN(Cc2ccc(NC(=O)c3cn[c-]c(C#Cc4cnc(/C=C\C(N)=NC5CC5)[nH]4)c3)cc2C(F)(F)F)CC1.[Y]. The van der Waals surface area contributed by atoms with Crippen LogP contribution in [0.2, 0.25) is 0 Å². The molecule has 0 bridgehead atoms. The second kappa shape index (κ2) is 14.4. The number of amidine groups is 1. The van der Waals surface area contributed by atoms with Crippen LogP contribution in [-0.2, 0) is 45.4 Å². The minimum atomic E-state index is -4.56. The summed E-state index contributed by atoms with van der Waals surface area (Å²) in [4.78, 5) is 32.5. The van der Waals surface area contributed by atoms with E-state index in [0.717, 1.165) is 32.0 Å². The van der Waals surface area contributed by atoms with Crippen LogP contribution in [-0.4, -0.2) is 75.8 Å². The number of rotatable bonds is 7. The largest absolute Gasteiger partial charge is 0.416 e. The monoisotopic (exact) mass is 664 g/mol. The van der Waals surface area contributed by atoms with Crippen LogP contribution in [0.5, 0.6) is 0 Å². The molecule has 13 heteroatoms. The van der Waals surface area contributed by atoms with E-state index in [-0.39, 0.29) is 56.1 Å². The van der Waals surface area contributed by atoms with E-state index in [1.807, 2.05) is 11.9 Å². The predicted molar refractivity (Wildman–Crippen MR) is 153 cm³/mol. The number of carbonyl (C=O) groups excluding carboxylic acids is 1. The fourth-order valence-corrected chi connectivity index (χ4v) is 4.33. The van der Waals surface area contributed by atoms with Gasteiger partial charge in [-0.2, -0.15) is 19.1 Å². The van der Waals surface area contributed by atoms with Gasteiger partial charge in [0, 0.05) is 71.1 Å². The van der Waals surface area contributed by atoms with Gasteiger partial charge in [-0.25, -0.2) is 4.98 Å². The van der Waals surface area contributed by atoms with Gasteiger partial charge < -0.3 is 25.9 Å². The van der Waals surface area contributed by atoms with E-state index in [1.165, 1.54) is 24.4 Å². The molecule has 0 atom stereocenters. The van der Waals surface area contributed by atoms with Crippen LogP contribution in [0.4, 0.5) is 18.9 Å². The molecular weight excluding hydrogens is 634 g/mol. The number of benzene rings is 1. The number of alkyl halides is 3. The van der Waals surface area contributed by atoms with Crippen LogP contribution in [0, 0.1) is 18.0 Å². The number of likely N-dealkylation sites (N-methyl/N-ethyl adjacent to an activating group) is 1. The van der Waals surface area contributed by atoms with E-state index in [1.54, 1.807) is 18.3 Å². The molecule has 2 aliphatic rings. The quantitative estimate of drug-likeness (QED) is 0.154. The second-order valence-electron chi connectivity index (χ2n) is 10.3. The average Bonchev–Trinajstić information content (AvgIpc) is 3.66. The number of pyridine rings is 1. The van der Waals surface area contributed by atoms with Gasteiger partial charge in [-0.15, -0.1) is 12.0 Å². The molecule has 221 valence electrons. The summed E-state index contributed by atoms with van der Waals surface area (Å²) in [6.07, 6.45) is 6.48. The molecule has 1 radical (unpaired) electrons. The van der Waals surface area contributed by atoms with Gasteiger partial charge in [0.05, 0.1) is 23.5 Å². The van der Waals surface area contributed by atoms with Gasteiger partial charge in [0.15, 0.2) is 0 Å². The zero-order chi connectivity index (χ0) is 29.7. The summed E-state index contributed by atoms with van der Waals surface area (Å²) in [5.41, 5.74) is 6.28. The van der Waals surface area contributed by atoms with E-state index < -0.39 is 17.6 Å². The van der Waals surface area contributed by atoms with Crippen molar-refractivity contribution in [3.8, 4) is 11.8 Å². The molecule has 0 unspecified atom stereocenters. The summed E-state index contributed by atoms with van der Waals surface area (Å²) in [5.74, 6) is 6.14. The molecule has 0 spiro atoms. The van der Waals surface area contributed by atoms with Crippen molar-refractivity contribution in [1.82, 2.24) is 24.8 Å². The number of anilines is 1. The van der Waals surface area contributed by atoms with Crippen LogP contribution >= 0.6 is 0 Å². The maximum absolute atomic E-state index is 13.9. The minimum absolute atomic E-state index is 0.